The van der Waals surface area contributed by atoms with Crippen LogP contribution in [-0.4, -0.2) is 81.7 Å². The number of aryl methyl sites for hydroxylation is 2. The molecule has 0 saturated carbocycles. The molecule has 12 nitrogen and oxygen atoms in total. The van der Waals surface area contributed by atoms with Crippen LogP contribution >= 0.6 is 38.6 Å². The van der Waals surface area contributed by atoms with E-state index in [1.807, 2.05) is 23.6 Å². The number of aromatic nitrogens is 4. The van der Waals surface area contributed by atoms with E-state index in [2.05, 4.69) is 86.1 Å². The van der Waals surface area contributed by atoms with Crippen molar-refractivity contribution >= 4 is 74.8 Å². The number of piperidine rings is 1. The van der Waals surface area contributed by atoms with Gasteiger partial charge in [-0.05, 0) is 143 Å². The van der Waals surface area contributed by atoms with Crippen molar-refractivity contribution < 1.29 is 24.2 Å². The molecule has 61 heavy (non-hydrogen) atoms. The lowest BCUT2D eigenvalue weighted by Gasteiger charge is -2.39. The van der Waals surface area contributed by atoms with Gasteiger partial charge in [0.2, 0.25) is 11.2 Å². The molecule has 4 N–H and O–H groups in total. The molecule has 4 aromatic heterocycles. The molecule has 6 aromatic rings. The van der Waals surface area contributed by atoms with Gasteiger partial charge in [-0.2, -0.15) is 0 Å². The molecular formula is C45H55BrN6O6S2Si. The van der Waals surface area contributed by atoms with Gasteiger partial charge < -0.3 is 34.6 Å². The monoisotopic (exact) mass is 946 g/mol. The van der Waals surface area contributed by atoms with Gasteiger partial charge in [-0.1, -0.05) is 38.1 Å². The second-order valence-corrected chi connectivity index (χ2v) is 26.1. The normalized spacial score (nSPS) is 16.9. The molecule has 5 heterocycles. The minimum atomic E-state index is -2.22. The fourth-order valence-corrected chi connectivity index (χ4v) is 12.2. The highest BCUT2D eigenvalue weighted by Gasteiger charge is 2.45. The summed E-state index contributed by atoms with van der Waals surface area (Å²) in [7, 11) is -2.22. The maximum atomic E-state index is 13.6. The number of aromatic amines is 1. The highest BCUT2D eigenvalue weighted by atomic mass is 79.9. The highest BCUT2D eigenvalue weighted by Crippen LogP contribution is 2.42. The standard InChI is InChI=1S/C45H55BrN6O6S2Si/c1-44(2,3)61(4,5)58-36(31-12-14-35(53)41-32(31)13-17-40(54)48-41)27-47-26-28-25-34-42(33-10-6-9-30(28)33)52(50-49-34)21-8-20-51-22-18-29(19-23-51)57-43(55)45(56,37-11-7-24-59-37)38-15-16-39(46)60-38/h7,11-17,24-25,29,36,47,53,56H,6,8-10,18-23,26-27H2,1-5H3,(H,48,54)/t36?,45-/m0/s1. The molecule has 1 aliphatic carbocycles. The van der Waals surface area contributed by atoms with Gasteiger partial charge >= 0.3 is 5.97 Å². The summed E-state index contributed by atoms with van der Waals surface area (Å²) in [5.74, 6) is -0.578. The van der Waals surface area contributed by atoms with Crippen molar-refractivity contribution in [2.75, 3.05) is 26.2 Å². The number of hydrogen-bond donors (Lipinski definition) is 4. The van der Waals surface area contributed by atoms with E-state index in [0.29, 0.717) is 41.2 Å². The van der Waals surface area contributed by atoms with Gasteiger partial charge in [0.05, 0.1) is 30.7 Å². The van der Waals surface area contributed by atoms with Crippen LogP contribution < -0.4 is 10.9 Å². The Morgan fingerprint density at radius 1 is 1.07 bits per heavy atom. The molecule has 0 bridgehead atoms. The largest absolute Gasteiger partial charge is 0.506 e. The van der Waals surface area contributed by atoms with E-state index < -0.39 is 19.9 Å². The zero-order valence-electron chi connectivity index (χ0n) is 35.4. The first kappa shape index (κ1) is 43.9. The number of phenols is 1. The van der Waals surface area contributed by atoms with Crippen molar-refractivity contribution in [2.45, 2.75) is 108 Å². The van der Waals surface area contributed by atoms with Gasteiger partial charge in [0.25, 0.3) is 0 Å². The lowest BCUT2D eigenvalue weighted by Crippen LogP contribution is -2.43. The number of H-pyrrole nitrogens is 1. The smallest absolute Gasteiger partial charge is 0.349 e. The summed E-state index contributed by atoms with van der Waals surface area (Å²) in [6.07, 6.45) is 4.91. The summed E-state index contributed by atoms with van der Waals surface area (Å²) >= 11 is 6.15. The lowest BCUT2D eigenvalue weighted by molar-refractivity contribution is -0.169. The fraction of sp³-hybridized carbons (Fsp3) is 0.467. The molecular weight excluding hydrogens is 893 g/mol. The summed E-state index contributed by atoms with van der Waals surface area (Å²) in [4.78, 5) is 32.1. The zero-order chi connectivity index (χ0) is 43.1. The Bertz CT molecular complexity index is 2580. The lowest BCUT2D eigenvalue weighted by atomic mass is 9.99. The number of rotatable bonds is 15. The van der Waals surface area contributed by atoms with Crippen LogP contribution in [0, 0.1) is 0 Å². The molecule has 2 atom stereocenters. The number of pyridine rings is 1. The summed E-state index contributed by atoms with van der Waals surface area (Å²) < 4.78 is 16.0. The van der Waals surface area contributed by atoms with Crippen LogP contribution in [-0.2, 0) is 45.5 Å². The van der Waals surface area contributed by atoms with Crippen molar-refractivity contribution in [2.24, 2.45) is 0 Å². The third-order valence-electron chi connectivity index (χ3n) is 12.9. The van der Waals surface area contributed by atoms with Gasteiger partial charge in [0.1, 0.15) is 17.4 Å². The van der Waals surface area contributed by atoms with Gasteiger partial charge in [0, 0.05) is 44.2 Å². The number of nitrogens with zero attached hydrogens (tertiary/aromatic N) is 4. The number of halogens is 1. The molecule has 1 unspecified atom stereocenters. The highest BCUT2D eigenvalue weighted by molar-refractivity contribution is 9.11. The number of nitrogens with one attached hydrogen (secondary N) is 2. The second kappa shape index (κ2) is 17.8. The van der Waals surface area contributed by atoms with Crippen molar-refractivity contribution in [3.63, 3.8) is 0 Å². The second-order valence-electron chi connectivity index (χ2n) is 17.9. The Kier molecular flexibility index (Phi) is 12.8. The van der Waals surface area contributed by atoms with Gasteiger partial charge in [-0.15, -0.1) is 27.8 Å². The maximum absolute atomic E-state index is 13.6. The average Bonchev–Trinajstić information content (AvgIpc) is 4.06. The topological polar surface area (TPSA) is 155 Å². The predicted molar refractivity (Wildman–Crippen MR) is 248 cm³/mol. The molecule has 1 fully saturated rings. The summed E-state index contributed by atoms with van der Waals surface area (Å²) in [6, 6.07) is 16.3. The molecule has 2 aromatic carbocycles. The predicted octanol–water partition coefficient (Wildman–Crippen LogP) is 8.54. The number of thiophene rings is 2. The Hall–Kier alpha value is -3.74. The van der Waals surface area contributed by atoms with E-state index in [1.165, 1.54) is 45.4 Å². The van der Waals surface area contributed by atoms with Crippen LogP contribution in [0.2, 0.25) is 18.1 Å². The Morgan fingerprint density at radius 3 is 2.57 bits per heavy atom. The molecule has 1 saturated heterocycles. The SMILES string of the molecule is CC(C)(C)[Si](C)(C)OC(CNCc1cc2nnn(CCCN3CCC(OC(=O)[C@](O)(c4cccs4)c4ccc(Br)s4)CC3)c2c2c1CCC2)c1ccc(O)c2[nH]c(=O)ccc12. The van der Waals surface area contributed by atoms with E-state index in [4.69, 9.17) is 9.16 Å². The molecule has 0 spiro atoms. The Labute approximate surface area is 373 Å². The first-order chi connectivity index (χ1) is 29.1. The number of likely N-dealkylation sites (tertiary alicyclic amines) is 1. The molecule has 2 aliphatic rings. The third-order valence-corrected chi connectivity index (χ3v) is 20.1. The fourth-order valence-electron chi connectivity index (χ4n) is 8.53. The first-order valence-electron chi connectivity index (χ1n) is 21.2. The molecule has 0 radical (unpaired) electrons. The molecule has 8 rings (SSSR count). The van der Waals surface area contributed by atoms with Gasteiger partial charge in [-0.3, -0.25) is 4.79 Å². The third kappa shape index (κ3) is 9.05. The number of hydrogen-bond acceptors (Lipinski definition) is 12. The average molecular weight is 948 g/mol. The summed E-state index contributed by atoms with van der Waals surface area (Å²) in [5.41, 5.74) is 5.29. The molecule has 324 valence electrons. The van der Waals surface area contributed by atoms with Crippen molar-refractivity contribution in [3.8, 4) is 5.75 Å². The Morgan fingerprint density at radius 2 is 1.85 bits per heavy atom. The number of aliphatic hydroxyl groups is 1. The van der Waals surface area contributed by atoms with E-state index in [-0.39, 0.29) is 28.6 Å². The quantitative estimate of drug-likeness (QED) is 0.0582. The van der Waals surface area contributed by atoms with E-state index in [0.717, 1.165) is 77.6 Å². The first-order valence-corrected chi connectivity index (χ1v) is 26.6. The van der Waals surface area contributed by atoms with Gasteiger partial charge in [-0.25, -0.2) is 9.48 Å². The van der Waals surface area contributed by atoms with Crippen molar-refractivity contribution in [1.29, 1.82) is 0 Å². The molecule has 1 aliphatic heterocycles. The van der Waals surface area contributed by atoms with Crippen LogP contribution in [0.3, 0.4) is 0 Å². The zero-order valence-corrected chi connectivity index (χ0v) is 39.6. The number of fused-ring (bicyclic) bond motifs is 4. The number of phenolic OH excluding ortho intramolecular Hbond substituents is 1. The number of ether oxygens (including phenoxy) is 1. The minimum absolute atomic E-state index is 0.0141. The van der Waals surface area contributed by atoms with E-state index >= 15 is 0 Å². The number of carbonyl (C=O) groups excluding carboxylic acids is 1. The van der Waals surface area contributed by atoms with E-state index in [9.17, 15) is 19.8 Å². The summed E-state index contributed by atoms with van der Waals surface area (Å²) in [6.45, 7) is 15.7. The number of aromatic hydroxyl groups is 1. The summed E-state index contributed by atoms with van der Waals surface area (Å²) in [5, 5.41) is 38.0. The van der Waals surface area contributed by atoms with Crippen LogP contribution in [0.1, 0.15) is 84.6 Å². The van der Waals surface area contributed by atoms with Gasteiger partial charge in [0.15, 0.2) is 8.32 Å². The van der Waals surface area contributed by atoms with Crippen molar-refractivity contribution in [1.82, 2.24) is 30.2 Å². The van der Waals surface area contributed by atoms with Crippen LogP contribution in [0.15, 0.2) is 68.6 Å². The number of esters is 1. The Balaban J connectivity index is 0.896. The number of benzene rings is 2. The number of carbonyl (C=O) groups is 1. The van der Waals surface area contributed by atoms with Crippen LogP contribution in [0.5, 0.6) is 5.75 Å². The van der Waals surface area contributed by atoms with Crippen LogP contribution in [0.4, 0.5) is 0 Å². The maximum Gasteiger partial charge on any atom is 0.349 e. The van der Waals surface area contributed by atoms with E-state index in [1.54, 1.807) is 24.3 Å². The minimum Gasteiger partial charge on any atom is -0.506 e. The molecule has 0 amide bonds. The van der Waals surface area contributed by atoms with Crippen LogP contribution in [0.25, 0.3) is 21.9 Å². The molecule has 16 heteroatoms. The van der Waals surface area contributed by atoms with Crippen molar-refractivity contribution in [3.05, 3.63) is 106 Å².